The average molecular weight is 333 g/mol. The van der Waals surface area contributed by atoms with Gasteiger partial charge in [-0.15, -0.1) is 11.3 Å². The fourth-order valence-electron chi connectivity index (χ4n) is 1.96. The number of aromatic nitrogens is 3. The lowest BCUT2D eigenvalue weighted by atomic mass is 10.2. The van der Waals surface area contributed by atoms with Crippen LogP contribution in [0, 0.1) is 12.1 Å². The zero-order valence-electron chi connectivity index (χ0n) is 12.3. The molecule has 3 rings (SSSR count). The molecular weight excluding hydrogens is 321 g/mol. The van der Waals surface area contributed by atoms with Crippen molar-refractivity contribution in [1.82, 2.24) is 20.4 Å². The fraction of sp³-hybridized carbons (Fsp3) is 0.143. The van der Waals surface area contributed by atoms with Gasteiger partial charge in [-0.2, -0.15) is 14.6 Å². The first-order valence-electron chi connectivity index (χ1n) is 6.59. The van der Waals surface area contributed by atoms with Crippen LogP contribution in [0.5, 0.6) is 0 Å². The minimum Gasteiger partial charge on any atom is -0.355 e. The number of aryl methyl sites for hydroxylation is 2. The molecule has 0 radical (unpaired) electrons. The minimum atomic E-state index is -0.519. The second-order valence-electron chi connectivity index (χ2n) is 4.72. The van der Waals surface area contributed by atoms with Gasteiger partial charge in [0.2, 0.25) is 0 Å². The van der Waals surface area contributed by atoms with Gasteiger partial charge < -0.3 is 4.52 Å². The molecule has 0 aliphatic heterocycles. The number of nitrogens with one attached hydrogen (secondary N) is 1. The van der Waals surface area contributed by atoms with Crippen LogP contribution in [0.25, 0.3) is 11.3 Å². The Labute approximate surface area is 134 Å². The number of thiophene rings is 1. The van der Waals surface area contributed by atoms with E-state index in [1.807, 2.05) is 6.92 Å². The summed E-state index contributed by atoms with van der Waals surface area (Å²) in [6.07, 6.45) is 3.14. The smallest absolute Gasteiger partial charge is 0.293 e. The predicted octanol–water partition coefficient (Wildman–Crippen LogP) is 2.35. The molecule has 3 aromatic heterocycles. The van der Waals surface area contributed by atoms with Crippen molar-refractivity contribution in [3.05, 3.63) is 45.8 Å². The Morgan fingerprint density at radius 2 is 2.35 bits per heavy atom. The van der Waals surface area contributed by atoms with Crippen molar-refractivity contribution in [2.75, 3.05) is 0 Å². The van der Waals surface area contributed by atoms with E-state index in [1.165, 1.54) is 18.3 Å². The lowest BCUT2D eigenvalue weighted by molar-refractivity contribution is 0.0946. The first kappa shape index (κ1) is 15.1. The molecule has 0 aliphatic rings. The van der Waals surface area contributed by atoms with Gasteiger partial charge in [0.05, 0.1) is 22.3 Å². The van der Waals surface area contributed by atoms with Crippen LogP contribution in [0.3, 0.4) is 0 Å². The van der Waals surface area contributed by atoms with Crippen LogP contribution < -0.4 is 5.43 Å². The third kappa shape index (κ3) is 3.34. The number of amides is 1. The molecule has 3 heterocycles. The van der Waals surface area contributed by atoms with Crippen LogP contribution in [0.2, 0.25) is 0 Å². The van der Waals surface area contributed by atoms with Crippen molar-refractivity contribution in [1.29, 1.82) is 0 Å². The van der Waals surface area contributed by atoms with Crippen LogP contribution in [-0.2, 0) is 7.05 Å². The monoisotopic (exact) mass is 333 g/mol. The number of hydrogen-bond donors (Lipinski definition) is 1. The minimum absolute atomic E-state index is 0.0952. The molecule has 1 amide bonds. The summed E-state index contributed by atoms with van der Waals surface area (Å²) in [6, 6.07) is 4.41. The molecule has 23 heavy (non-hydrogen) atoms. The van der Waals surface area contributed by atoms with Gasteiger partial charge >= 0.3 is 0 Å². The quantitative estimate of drug-likeness (QED) is 0.586. The van der Waals surface area contributed by atoms with Crippen LogP contribution in [-0.4, -0.2) is 27.1 Å². The number of rotatable bonds is 4. The number of nitrogens with zero attached hydrogens (tertiary/aromatic N) is 4. The zero-order chi connectivity index (χ0) is 16.4. The Bertz CT molecular complexity index is 880. The highest BCUT2D eigenvalue weighted by atomic mass is 32.1. The molecule has 0 fully saturated rings. The van der Waals surface area contributed by atoms with Crippen LogP contribution in [0.15, 0.2) is 34.0 Å². The number of hydrogen-bond acceptors (Lipinski definition) is 6. The van der Waals surface area contributed by atoms with Crippen LogP contribution in [0.4, 0.5) is 4.39 Å². The average Bonchev–Trinajstić information content (AvgIpc) is 3.19. The molecular formula is C14H12FN5O2S. The number of hydrazone groups is 1. The first-order valence-corrected chi connectivity index (χ1v) is 7.40. The van der Waals surface area contributed by atoms with Gasteiger partial charge in [0, 0.05) is 19.3 Å². The normalized spacial score (nSPS) is 11.3. The maximum atomic E-state index is 12.8. The van der Waals surface area contributed by atoms with Crippen molar-refractivity contribution in [3.8, 4) is 11.3 Å². The first-order chi connectivity index (χ1) is 11.0. The summed E-state index contributed by atoms with van der Waals surface area (Å²) in [5.41, 5.74) is 3.94. The highest BCUT2D eigenvalue weighted by Gasteiger charge is 2.16. The molecule has 0 saturated carbocycles. The second-order valence-corrected chi connectivity index (χ2v) is 5.78. The molecule has 0 aromatic carbocycles. The van der Waals surface area contributed by atoms with Gasteiger partial charge in [0.15, 0.2) is 16.6 Å². The number of carbonyl (C=O) groups excluding carboxylic acids is 1. The summed E-state index contributed by atoms with van der Waals surface area (Å²) in [7, 11) is 1.79. The zero-order valence-corrected chi connectivity index (χ0v) is 13.1. The van der Waals surface area contributed by atoms with E-state index in [1.54, 1.807) is 24.0 Å². The number of halogens is 1. The van der Waals surface area contributed by atoms with E-state index >= 15 is 0 Å². The number of carbonyl (C=O) groups is 1. The molecule has 3 aromatic rings. The van der Waals surface area contributed by atoms with E-state index in [2.05, 4.69) is 20.8 Å². The molecule has 9 heteroatoms. The highest BCUT2D eigenvalue weighted by Crippen LogP contribution is 2.22. The van der Waals surface area contributed by atoms with Gasteiger partial charge in [0.25, 0.3) is 5.91 Å². The predicted molar refractivity (Wildman–Crippen MR) is 82.8 cm³/mol. The maximum absolute atomic E-state index is 12.8. The van der Waals surface area contributed by atoms with Crippen LogP contribution >= 0.6 is 11.3 Å². The third-order valence-corrected chi connectivity index (χ3v) is 3.78. The van der Waals surface area contributed by atoms with E-state index in [0.29, 0.717) is 10.6 Å². The molecule has 0 saturated heterocycles. The lowest BCUT2D eigenvalue weighted by Gasteiger charge is -1.92. The molecule has 0 atom stereocenters. The largest absolute Gasteiger partial charge is 0.355 e. The molecule has 118 valence electrons. The summed E-state index contributed by atoms with van der Waals surface area (Å²) in [5.74, 6) is -0.0696. The van der Waals surface area contributed by atoms with Crippen molar-refractivity contribution in [2.24, 2.45) is 12.1 Å². The Balaban J connectivity index is 1.69. The Kier molecular flexibility index (Phi) is 4.02. The highest BCUT2D eigenvalue weighted by molar-refractivity contribution is 7.12. The Hall–Kier alpha value is -2.81. The second kappa shape index (κ2) is 6.13. The van der Waals surface area contributed by atoms with Crippen LogP contribution in [0.1, 0.15) is 21.1 Å². The third-order valence-electron chi connectivity index (χ3n) is 2.97. The molecule has 7 nitrogen and oxygen atoms in total. The Morgan fingerprint density at radius 1 is 1.52 bits per heavy atom. The molecule has 0 bridgehead atoms. The molecule has 0 aliphatic carbocycles. The maximum Gasteiger partial charge on any atom is 0.293 e. The van der Waals surface area contributed by atoms with Gasteiger partial charge in [-0.1, -0.05) is 5.16 Å². The summed E-state index contributed by atoms with van der Waals surface area (Å²) in [5, 5.41) is 11.4. The Morgan fingerprint density at radius 3 is 3.00 bits per heavy atom. The van der Waals surface area contributed by atoms with Crippen molar-refractivity contribution in [2.45, 2.75) is 6.92 Å². The van der Waals surface area contributed by atoms with Crippen molar-refractivity contribution >= 4 is 23.5 Å². The van der Waals surface area contributed by atoms with Gasteiger partial charge in [-0.3, -0.25) is 9.48 Å². The summed E-state index contributed by atoms with van der Waals surface area (Å²) in [4.78, 5) is 12.5. The van der Waals surface area contributed by atoms with E-state index in [0.717, 1.165) is 22.6 Å². The standard InChI is InChI=1S/C14H12FN5O2S/c1-8-10(7-20(2)18-8)12-5-11(19-22-12)14(21)17-16-6-9-3-4-13(15)23-9/h3-7H,1-2H3,(H,17,21)/b16-6+. The van der Waals surface area contributed by atoms with E-state index < -0.39 is 5.91 Å². The van der Waals surface area contributed by atoms with Crippen molar-refractivity contribution < 1.29 is 13.7 Å². The SMILES string of the molecule is Cc1nn(C)cc1-c1cc(C(=O)N/N=C/c2ccc(F)s2)no1. The fourth-order valence-corrected chi connectivity index (χ4v) is 2.56. The van der Waals surface area contributed by atoms with E-state index in [-0.39, 0.29) is 10.8 Å². The molecule has 0 unspecified atom stereocenters. The molecule has 1 N–H and O–H groups in total. The van der Waals surface area contributed by atoms with Gasteiger partial charge in [-0.05, 0) is 19.1 Å². The summed E-state index contributed by atoms with van der Waals surface area (Å²) in [6.45, 7) is 1.84. The lowest BCUT2D eigenvalue weighted by Crippen LogP contribution is -2.17. The van der Waals surface area contributed by atoms with Crippen molar-refractivity contribution in [3.63, 3.8) is 0 Å². The van der Waals surface area contributed by atoms with E-state index in [9.17, 15) is 9.18 Å². The van der Waals surface area contributed by atoms with Gasteiger partial charge in [0.1, 0.15) is 0 Å². The molecule has 0 spiro atoms. The topological polar surface area (TPSA) is 85.3 Å². The summed E-state index contributed by atoms with van der Waals surface area (Å²) >= 11 is 0.930. The summed E-state index contributed by atoms with van der Waals surface area (Å²) < 4.78 is 19.6. The van der Waals surface area contributed by atoms with E-state index in [4.69, 9.17) is 4.52 Å². The van der Waals surface area contributed by atoms with Gasteiger partial charge in [-0.25, -0.2) is 5.43 Å².